The van der Waals surface area contributed by atoms with Gasteiger partial charge in [-0.2, -0.15) is 0 Å². The minimum Gasteiger partial charge on any atom is -0.390 e. The SMILES string of the molecule is CC(C)(O)CCC(O)C(C)(O)[C@H]1CC[C@@]2(O)C3=CC(=O)[C@]4(O)C[C@@H](O)[C@@H](O)C[C@]4(C)[C@H]3CC[C@]12C. The van der Waals surface area contributed by atoms with Crippen LogP contribution in [0, 0.1) is 22.7 Å². The van der Waals surface area contributed by atoms with Crippen molar-refractivity contribution in [1.82, 2.24) is 0 Å². The Kier molecular flexibility index (Phi) is 6.26. The maximum atomic E-state index is 13.3. The first-order valence-electron chi connectivity index (χ1n) is 13.0. The maximum absolute atomic E-state index is 13.3. The molecule has 8 nitrogen and oxygen atoms in total. The zero-order valence-corrected chi connectivity index (χ0v) is 21.7. The molecular formula is C27H44O8. The van der Waals surface area contributed by atoms with E-state index >= 15 is 0 Å². The van der Waals surface area contributed by atoms with E-state index in [-0.39, 0.29) is 25.2 Å². The zero-order chi connectivity index (χ0) is 26.4. The number of rotatable bonds is 5. The third-order valence-electron chi connectivity index (χ3n) is 10.7. The van der Waals surface area contributed by atoms with Crippen molar-refractivity contribution >= 4 is 5.78 Å². The highest BCUT2D eigenvalue weighted by atomic mass is 16.3. The summed E-state index contributed by atoms with van der Waals surface area (Å²) in [5.41, 5.74) is -7.07. The number of carbonyl (C=O) groups is 1. The second-order valence-corrected chi connectivity index (χ2v) is 13.3. The molecule has 8 heteroatoms. The van der Waals surface area contributed by atoms with E-state index in [2.05, 4.69) is 0 Å². The Hall–Kier alpha value is -0.870. The Morgan fingerprint density at radius 3 is 2.17 bits per heavy atom. The highest BCUT2D eigenvalue weighted by Crippen LogP contribution is 2.69. The van der Waals surface area contributed by atoms with Crippen molar-refractivity contribution < 1.29 is 40.5 Å². The lowest BCUT2D eigenvalue weighted by atomic mass is 9.44. The molecule has 0 radical (unpaired) electrons. The van der Waals surface area contributed by atoms with Crippen LogP contribution >= 0.6 is 0 Å². The molecule has 0 heterocycles. The number of aliphatic hydroxyl groups excluding tert-OH is 3. The van der Waals surface area contributed by atoms with Gasteiger partial charge in [-0.3, -0.25) is 4.79 Å². The quantitative estimate of drug-likeness (QED) is 0.297. The summed E-state index contributed by atoms with van der Waals surface area (Å²) >= 11 is 0. The van der Waals surface area contributed by atoms with Gasteiger partial charge in [0.15, 0.2) is 5.78 Å². The fraction of sp³-hybridized carbons (Fsp3) is 0.889. The molecule has 0 saturated heterocycles. The number of ketones is 1. The van der Waals surface area contributed by atoms with Crippen LogP contribution in [0.1, 0.15) is 86.0 Å². The molecule has 4 aliphatic carbocycles. The molecule has 3 fully saturated rings. The summed E-state index contributed by atoms with van der Waals surface area (Å²) in [5, 5.41) is 77.0. The molecule has 3 saturated carbocycles. The summed E-state index contributed by atoms with van der Waals surface area (Å²) in [7, 11) is 0. The van der Waals surface area contributed by atoms with Gasteiger partial charge in [-0.1, -0.05) is 13.8 Å². The molecule has 10 atom stereocenters. The molecule has 0 aromatic heterocycles. The molecule has 4 rings (SSSR count). The van der Waals surface area contributed by atoms with Crippen molar-refractivity contribution in [2.45, 2.75) is 127 Å². The van der Waals surface area contributed by atoms with Gasteiger partial charge < -0.3 is 35.7 Å². The molecule has 2 unspecified atom stereocenters. The predicted octanol–water partition coefficient (Wildman–Crippen LogP) is 0.969. The Morgan fingerprint density at radius 2 is 1.57 bits per heavy atom. The Labute approximate surface area is 207 Å². The molecule has 0 bridgehead atoms. The van der Waals surface area contributed by atoms with Crippen LogP contribution < -0.4 is 0 Å². The highest BCUT2D eigenvalue weighted by molar-refractivity contribution is 6.00. The first kappa shape index (κ1) is 27.2. The number of hydrogen-bond donors (Lipinski definition) is 7. The van der Waals surface area contributed by atoms with Crippen LogP contribution in [0.5, 0.6) is 0 Å². The summed E-state index contributed by atoms with van der Waals surface area (Å²) in [5.74, 6) is -1.38. The average molecular weight is 497 g/mol. The van der Waals surface area contributed by atoms with E-state index in [1.165, 1.54) is 6.08 Å². The first-order chi connectivity index (χ1) is 15.8. The van der Waals surface area contributed by atoms with E-state index in [0.29, 0.717) is 37.7 Å². The molecule has 0 aliphatic heterocycles. The minimum atomic E-state index is -1.82. The standard InChI is InChI=1S/C27H44O8/c1-22(2,32)9-8-20(30)25(5,33)19-7-11-26(34)16-12-21(31)27(35)14-18(29)17(28)13-24(27,4)15(16)6-10-23(19,26)3/h12,15,17-20,28-30,32-35H,6-11,13-14H2,1-5H3/t15-,17-,18+,19-,20?,23+,24+,25?,26+,27+/m0/s1. The van der Waals surface area contributed by atoms with E-state index in [1.807, 2.05) is 6.92 Å². The van der Waals surface area contributed by atoms with Gasteiger partial charge in [-0.15, -0.1) is 0 Å². The van der Waals surface area contributed by atoms with Crippen molar-refractivity contribution in [2.24, 2.45) is 22.7 Å². The van der Waals surface area contributed by atoms with Crippen LogP contribution in [-0.4, -0.2) is 82.2 Å². The van der Waals surface area contributed by atoms with E-state index in [4.69, 9.17) is 0 Å². The van der Waals surface area contributed by atoms with Gasteiger partial charge in [0.1, 0.15) is 5.60 Å². The molecule has 4 aliphatic rings. The van der Waals surface area contributed by atoms with Gasteiger partial charge >= 0.3 is 0 Å². The van der Waals surface area contributed by atoms with E-state index in [9.17, 15) is 40.5 Å². The van der Waals surface area contributed by atoms with Crippen molar-refractivity contribution in [2.75, 3.05) is 0 Å². The van der Waals surface area contributed by atoms with Gasteiger partial charge in [0.2, 0.25) is 0 Å². The van der Waals surface area contributed by atoms with Crippen molar-refractivity contribution in [3.63, 3.8) is 0 Å². The molecule has 0 aromatic carbocycles. The Bertz CT molecular complexity index is 907. The van der Waals surface area contributed by atoms with E-state index < -0.39 is 63.2 Å². The van der Waals surface area contributed by atoms with Crippen LogP contribution in [0.2, 0.25) is 0 Å². The number of hydrogen-bond acceptors (Lipinski definition) is 8. The maximum Gasteiger partial charge on any atom is 0.187 e. The molecule has 0 spiro atoms. The lowest BCUT2D eigenvalue weighted by Crippen LogP contribution is -2.69. The highest BCUT2D eigenvalue weighted by Gasteiger charge is 2.71. The Balaban J connectivity index is 1.70. The second-order valence-electron chi connectivity index (χ2n) is 13.3. The van der Waals surface area contributed by atoms with Crippen molar-refractivity contribution in [1.29, 1.82) is 0 Å². The fourth-order valence-corrected chi connectivity index (χ4v) is 8.31. The Morgan fingerprint density at radius 1 is 0.971 bits per heavy atom. The van der Waals surface area contributed by atoms with Gasteiger partial charge in [-0.05, 0) is 89.2 Å². The average Bonchev–Trinajstić information content (AvgIpc) is 3.01. The molecule has 0 aromatic rings. The van der Waals surface area contributed by atoms with Gasteiger partial charge in [0, 0.05) is 17.3 Å². The first-order valence-corrected chi connectivity index (χ1v) is 13.0. The minimum absolute atomic E-state index is 0.0437. The third kappa shape index (κ3) is 3.70. The van der Waals surface area contributed by atoms with Gasteiger partial charge in [-0.25, -0.2) is 0 Å². The molecular weight excluding hydrogens is 452 g/mol. The predicted molar refractivity (Wildman–Crippen MR) is 128 cm³/mol. The van der Waals surface area contributed by atoms with Crippen molar-refractivity contribution in [3.05, 3.63) is 11.6 Å². The van der Waals surface area contributed by atoms with Crippen LogP contribution in [-0.2, 0) is 4.79 Å². The lowest BCUT2D eigenvalue weighted by molar-refractivity contribution is -0.211. The number of fused-ring (bicyclic) bond motifs is 5. The normalized spacial score (nSPS) is 48.3. The summed E-state index contributed by atoms with van der Waals surface area (Å²) < 4.78 is 0. The largest absolute Gasteiger partial charge is 0.390 e. The van der Waals surface area contributed by atoms with Gasteiger partial charge in [0.25, 0.3) is 0 Å². The third-order valence-corrected chi connectivity index (χ3v) is 10.7. The molecule has 200 valence electrons. The lowest BCUT2D eigenvalue weighted by Gasteiger charge is -2.62. The second kappa shape index (κ2) is 8.06. The number of aliphatic hydroxyl groups is 7. The van der Waals surface area contributed by atoms with Crippen LogP contribution in [0.15, 0.2) is 11.6 Å². The number of carbonyl (C=O) groups excluding carboxylic acids is 1. The van der Waals surface area contributed by atoms with E-state index in [0.717, 1.165) is 0 Å². The molecule has 0 amide bonds. The van der Waals surface area contributed by atoms with Gasteiger partial charge in [0.05, 0.1) is 35.1 Å². The summed E-state index contributed by atoms with van der Waals surface area (Å²) in [4.78, 5) is 13.3. The van der Waals surface area contributed by atoms with Crippen LogP contribution in [0.25, 0.3) is 0 Å². The van der Waals surface area contributed by atoms with E-state index in [1.54, 1.807) is 27.7 Å². The van der Waals surface area contributed by atoms with Crippen molar-refractivity contribution in [3.8, 4) is 0 Å². The zero-order valence-electron chi connectivity index (χ0n) is 21.7. The topological polar surface area (TPSA) is 159 Å². The van der Waals surface area contributed by atoms with Crippen LogP contribution in [0.4, 0.5) is 0 Å². The van der Waals surface area contributed by atoms with Crippen LogP contribution in [0.3, 0.4) is 0 Å². The summed E-state index contributed by atoms with van der Waals surface area (Å²) in [6.45, 7) is 8.58. The summed E-state index contributed by atoms with van der Waals surface area (Å²) in [6.07, 6.45) is 0.0884. The smallest absolute Gasteiger partial charge is 0.187 e. The monoisotopic (exact) mass is 496 g/mol. The fourth-order valence-electron chi connectivity index (χ4n) is 8.31. The molecule has 35 heavy (non-hydrogen) atoms. The summed E-state index contributed by atoms with van der Waals surface area (Å²) in [6, 6.07) is 0. The molecule has 7 N–H and O–H groups in total.